The monoisotopic (exact) mass is 1160 g/mol. The quantitative estimate of drug-likeness (QED) is 0.0100. The fraction of sp³-hybridized carbons (Fsp3) is 0.714. The van der Waals surface area contributed by atoms with E-state index in [4.69, 9.17) is 28.1 Å². The Balaban J connectivity index is -0.000000876. The number of aromatic hydroxyl groups is 1. The Morgan fingerprint density at radius 2 is 1.30 bits per heavy atom. The Kier molecular flexibility index (Phi) is 53.4. The van der Waals surface area contributed by atoms with Gasteiger partial charge in [0, 0.05) is 133 Å². The number of oxime groups is 1. The van der Waals surface area contributed by atoms with Gasteiger partial charge < -0.3 is 63.6 Å². The van der Waals surface area contributed by atoms with Crippen LogP contribution >= 0.6 is 12.6 Å². The number of rotatable bonds is 24. The van der Waals surface area contributed by atoms with E-state index in [1.165, 1.54) is 38.4 Å². The number of anilines is 1. The van der Waals surface area contributed by atoms with E-state index in [0.717, 1.165) is 107 Å². The number of amidine groups is 1. The smallest absolute Gasteiger partial charge is 0.196 e. The van der Waals surface area contributed by atoms with E-state index in [2.05, 4.69) is 165 Å². The molecular formula is C63H125N15O2S. The first-order valence-electron chi connectivity index (χ1n) is 30.3. The number of imidazole rings is 1. The Bertz CT molecular complexity index is 1920. The van der Waals surface area contributed by atoms with Crippen molar-refractivity contribution < 1.29 is 10.3 Å². The molecule has 0 atom stereocenters. The Labute approximate surface area is 501 Å². The van der Waals surface area contributed by atoms with Crippen LogP contribution in [0.15, 0.2) is 87.3 Å². The molecule has 0 aliphatic carbocycles. The molecule has 0 radical (unpaired) electrons. The van der Waals surface area contributed by atoms with Crippen LogP contribution < -0.4 is 38.9 Å². The van der Waals surface area contributed by atoms with Crippen LogP contribution in [0.4, 0.5) is 5.69 Å². The first-order chi connectivity index (χ1) is 38.4. The summed E-state index contributed by atoms with van der Waals surface area (Å²) < 4.78 is 2.09. The third kappa shape index (κ3) is 52.1. The molecule has 1 fully saturated rings. The third-order valence-electron chi connectivity index (χ3n) is 11.1. The first kappa shape index (κ1) is 80.8. The van der Waals surface area contributed by atoms with Crippen molar-refractivity contribution in [2.24, 2.45) is 85.4 Å². The van der Waals surface area contributed by atoms with Crippen molar-refractivity contribution in [2.75, 3.05) is 117 Å². The number of guanidine groups is 1. The topological polar surface area (TPSA) is 245 Å². The van der Waals surface area contributed by atoms with E-state index >= 15 is 0 Å². The van der Waals surface area contributed by atoms with Crippen molar-refractivity contribution in [1.82, 2.24) is 34.9 Å². The molecule has 1 aromatic heterocycles. The van der Waals surface area contributed by atoms with Crippen molar-refractivity contribution >= 4 is 36.3 Å². The fourth-order valence-electron chi connectivity index (χ4n) is 7.23. The molecule has 18 heteroatoms. The SMILES string of the molecule is CC(C)C/C(N)=N/O.CC(C)CN.CC(C)CN1CCCN2CCCN=C21.CC(C)CN=Cc1ccccc1O.CC(C)CNCCN(CCN)CCN.CC(C)CNc1ccccc1S.CC(C)Cn1ccnc1.CNCC(C)C. The molecule has 0 bridgehead atoms. The largest absolute Gasteiger partial charge is 0.507 e. The maximum Gasteiger partial charge on any atom is 0.196 e. The summed E-state index contributed by atoms with van der Waals surface area (Å²) in [6, 6.07) is 15.2. The molecule has 0 amide bonds. The molecule has 17 nitrogen and oxygen atoms in total. The van der Waals surface area contributed by atoms with Crippen molar-refractivity contribution in [1.29, 1.82) is 0 Å². The van der Waals surface area contributed by atoms with Crippen LogP contribution in [-0.4, -0.2) is 164 Å². The second kappa shape index (κ2) is 53.6. The van der Waals surface area contributed by atoms with Gasteiger partial charge in [-0.2, -0.15) is 0 Å². The lowest BCUT2D eigenvalue weighted by molar-refractivity contribution is 0.229. The number of phenols is 1. The number of fused-ring (bicyclic) bond motifs is 1. The van der Waals surface area contributed by atoms with Crippen LogP contribution in [0.25, 0.3) is 0 Å². The standard InChI is InChI=1S/C11H21N3.C11H15NO.C10H26N4.C10H15NS.C7H12N2.C5H12N2O.C5H13N.C4H11N/c1-10(2)9-14-8-4-7-13-6-3-5-12-11(13)14;1-9(2)7-12-8-10-5-3-4-6-11(10)13;1-10(2)9-13-5-8-14(6-3-11)7-4-12;1-8(2)7-11-9-5-3-4-6-10(9)12;1-7(2)5-9-4-3-8-6-9;1-4(2)3-5(6)7-8;1-5(2)4-6-3;1-4(2)3-5/h10H,3-9H2,1-2H3;3-6,8-9,13H,7H2,1-2H3;10,13H,3-9,11-12H2,1-2H3;3-6,8,11-12H,7H2,1-2H3;3-4,6-7H,5H2,1-2H3;4,8H,3H2,1-2H3,(H2,6,7);5-6H,4H2,1-3H3;4H,3,5H2,1-2H3. The second-order valence-electron chi connectivity index (χ2n) is 23.9. The van der Waals surface area contributed by atoms with Crippen molar-refractivity contribution in [2.45, 2.75) is 141 Å². The predicted molar refractivity (Wildman–Crippen MR) is 357 cm³/mol. The zero-order chi connectivity index (χ0) is 62.0. The van der Waals surface area contributed by atoms with Gasteiger partial charge >= 0.3 is 0 Å². The van der Waals surface area contributed by atoms with Gasteiger partial charge in [-0.15, -0.1) is 12.6 Å². The first-order valence-corrected chi connectivity index (χ1v) is 30.8. The van der Waals surface area contributed by atoms with Crippen molar-refractivity contribution in [3.8, 4) is 5.75 Å². The van der Waals surface area contributed by atoms with Crippen LogP contribution in [0.1, 0.15) is 136 Å². The van der Waals surface area contributed by atoms with Crippen LogP contribution in [0.3, 0.4) is 0 Å². The third-order valence-corrected chi connectivity index (χ3v) is 11.5. The number of hydrogen-bond donors (Lipinski definition) is 10. The summed E-state index contributed by atoms with van der Waals surface area (Å²) in [6.45, 7) is 51.7. The molecule has 3 aromatic rings. The maximum absolute atomic E-state index is 9.38. The summed E-state index contributed by atoms with van der Waals surface area (Å²) in [4.78, 5) is 21.0. The van der Waals surface area contributed by atoms with E-state index in [1.54, 1.807) is 18.3 Å². The zero-order valence-corrected chi connectivity index (χ0v) is 55.3. The highest BCUT2D eigenvalue weighted by Crippen LogP contribution is 2.19. The number of aliphatic imine (C=N–C) groups is 2. The number of hydrogen-bond acceptors (Lipinski definition) is 16. The molecule has 81 heavy (non-hydrogen) atoms. The number of para-hydroxylation sites is 2. The number of thiol groups is 1. The van der Waals surface area contributed by atoms with Gasteiger partial charge in [0.25, 0.3) is 0 Å². The minimum Gasteiger partial charge on any atom is -0.507 e. The molecule has 2 aromatic carbocycles. The number of benzene rings is 2. The number of nitrogens with one attached hydrogen (secondary N) is 3. The van der Waals surface area contributed by atoms with Gasteiger partial charge in [-0.3, -0.25) is 14.9 Å². The molecule has 5 rings (SSSR count). The lowest BCUT2D eigenvalue weighted by Crippen LogP contribution is -2.53. The van der Waals surface area contributed by atoms with E-state index in [-0.39, 0.29) is 5.75 Å². The van der Waals surface area contributed by atoms with E-state index in [9.17, 15) is 5.11 Å². The van der Waals surface area contributed by atoms with Crippen molar-refractivity contribution in [3.63, 3.8) is 0 Å². The van der Waals surface area contributed by atoms with Gasteiger partial charge in [0.15, 0.2) is 5.96 Å². The average Bonchev–Trinajstić information content (AvgIpc) is 3.91. The molecule has 1 saturated heterocycles. The second-order valence-corrected chi connectivity index (χ2v) is 24.4. The summed E-state index contributed by atoms with van der Waals surface area (Å²) in [5.41, 5.74) is 23.3. The fourth-order valence-corrected chi connectivity index (χ4v) is 7.47. The predicted octanol–water partition coefficient (Wildman–Crippen LogP) is 10.2. The lowest BCUT2D eigenvalue weighted by Gasteiger charge is -2.41. The number of phenolic OH excluding ortho intramolecular Hbond substituents is 1. The van der Waals surface area contributed by atoms with Gasteiger partial charge in [-0.25, -0.2) is 4.98 Å². The van der Waals surface area contributed by atoms with E-state index < -0.39 is 0 Å². The molecule has 13 N–H and O–H groups in total. The lowest BCUT2D eigenvalue weighted by atomic mass is 10.1. The van der Waals surface area contributed by atoms with Gasteiger partial charge in [-0.05, 0) is 111 Å². The summed E-state index contributed by atoms with van der Waals surface area (Å²) in [5.74, 6) is 7.16. The Morgan fingerprint density at radius 3 is 1.75 bits per heavy atom. The van der Waals surface area contributed by atoms with Crippen LogP contribution in [0, 0.1) is 47.3 Å². The Hall–Kier alpha value is -4.43. The molecular weight excluding hydrogens is 1030 g/mol. The van der Waals surface area contributed by atoms with Crippen LogP contribution in [-0.2, 0) is 6.54 Å². The molecule has 2 aliphatic heterocycles. The highest BCUT2D eigenvalue weighted by molar-refractivity contribution is 7.80. The molecule has 3 heterocycles. The summed E-state index contributed by atoms with van der Waals surface area (Å²) >= 11 is 4.34. The molecule has 2 aliphatic rings. The Morgan fingerprint density at radius 1 is 0.716 bits per heavy atom. The van der Waals surface area contributed by atoms with Gasteiger partial charge in [0.1, 0.15) is 11.6 Å². The summed E-state index contributed by atoms with van der Waals surface area (Å²) in [6.07, 6.45) is 10.6. The summed E-state index contributed by atoms with van der Waals surface area (Å²) in [5, 5.41) is 30.1. The number of nitrogens with two attached hydrogens (primary N) is 4. The molecule has 470 valence electrons. The normalized spacial score (nSPS) is 13.0. The molecule has 0 spiro atoms. The molecule has 0 unspecified atom stereocenters. The van der Waals surface area contributed by atoms with Crippen molar-refractivity contribution in [3.05, 3.63) is 72.8 Å². The van der Waals surface area contributed by atoms with E-state index in [1.807, 2.05) is 76.0 Å². The zero-order valence-electron chi connectivity index (χ0n) is 54.4. The minimum atomic E-state index is 0.287. The van der Waals surface area contributed by atoms with Gasteiger partial charge in [0.05, 0.1) is 6.33 Å². The maximum atomic E-state index is 9.38. The van der Waals surface area contributed by atoms with Gasteiger partial charge in [0.2, 0.25) is 0 Å². The molecule has 0 saturated carbocycles. The highest BCUT2D eigenvalue weighted by Gasteiger charge is 2.25. The van der Waals surface area contributed by atoms with E-state index in [0.29, 0.717) is 60.9 Å². The average molecular weight is 1160 g/mol. The van der Waals surface area contributed by atoms with Crippen LogP contribution in [0.2, 0.25) is 0 Å². The minimum absolute atomic E-state index is 0.287. The number of nitrogens with zero attached hydrogens (tertiary/aromatic N) is 8. The van der Waals surface area contributed by atoms with Gasteiger partial charge in [-0.1, -0.05) is 140 Å². The highest BCUT2D eigenvalue weighted by atomic mass is 32.1. The number of aromatic nitrogens is 2. The summed E-state index contributed by atoms with van der Waals surface area (Å²) in [7, 11) is 1.97. The van der Waals surface area contributed by atoms with Crippen LogP contribution in [0.5, 0.6) is 5.75 Å².